The molecule has 1 unspecified atom stereocenters. The summed E-state index contributed by atoms with van der Waals surface area (Å²) in [5.41, 5.74) is 3.23. The van der Waals surface area contributed by atoms with Gasteiger partial charge in [0.25, 0.3) is 5.91 Å². The third kappa shape index (κ3) is 2.40. The van der Waals surface area contributed by atoms with Gasteiger partial charge in [-0.15, -0.1) is 0 Å². The molecule has 24 heavy (non-hydrogen) atoms. The predicted octanol–water partition coefficient (Wildman–Crippen LogP) is 2.81. The molecular formula is C19H20N2O3. The SMILES string of the molecule is Cc1cc(C(=O)NC2COc3ccccc3C2=O)c(C)n1C1CC1. The lowest BCUT2D eigenvalue weighted by molar-refractivity contribution is 0.0795. The molecule has 1 saturated carbocycles. The van der Waals surface area contributed by atoms with Gasteiger partial charge in [0.15, 0.2) is 5.78 Å². The minimum atomic E-state index is -0.642. The van der Waals surface area contributed by atoms with Gasteiger partial charge in [-0.05, 0) is 44.9 Å². The monoisotopic (exact) mass is 324 g/mol. The van der Waals surface area contributed by atoms with E-state index in [1.165, 1.54) is 12.8 Å². The summed E-state index contributed by atoms with van der Waals surface area (Å²) in [7, 11) is 0. The second-order valence-electron chi connectivity index (χ2n) is 6.58. The number of ether oxygens (including phenoxy) is 1. The smallest absolute Gasteiger partial charge is 0.253 e. The summed E-state index contributed by atoms with van der Waals surface area (Å²) in [4.78, 5) is 25.2. The van der Waals surface area contributed by atoms with Gasteiger partial charge in [-0.1, -0.05) is 12.1 Å². The van der Waals surface area contributed by atoms with Crippen LogP contribution in [0.15, 0.2) is 30.3 Å². The Kier molecular flexibility index (Phi) is 3.44. The first-order valence-corrected chi connectivity index (χ1v) is 8.31. The fourth-order valence-corrected chi connectivity index (χ4v) is 3.48. The molecule has 1 N–H and O–H groups in total. The van der Waals surface area contributed by atoms with E-state index in [1.807, 2.05) is 26.0 Å². The van der Waals surface area contributed by atoms with Gasteiger partial charge in [0, 0.05) is 17.4 Å². The van der Waals surface area contributed by atoms with Gasteiger partial charge in [-0.25, -0.2) is 0 Å². The van der Waals surface area contributed by atoms with Crippen LogP contribution in [0.5, 0.6) is 5.75 Å². The molecule has 5 heteroatoms. The maximum Gasteiger partial charge on any atom is 0.253 e. The van der Waals surface area contributed by atoms with E-state index in [1.54, 1.807) is 18.2 Å². The van der Waals surface area contributed by atoms with Crippen LogP contribution >= 0.6 is 0 Å². The van der Waals surface area contributed by atoms with Crippen LogP contribution in [0, 0.1) is 13.8 Å². The summed E-state index contributed by atoms with van der Waals surface area (Å²) in [6.45, 7) is 4.16. The van der Waals surface area contributed by atoms with Crippen molar-refractivity contribution in [2.24, 2.45) is 0 Å². The molecule has 2 heterocycles. The summed E-state index contributed by atoms with van der Waals surface area (Å²) in [5, 5.41) is 2.84. The summed E-state index contributed by atoms with van der Waals surface area (Å²) < 4.78 is 7.84. The highest BCUT2D eigenvalue weighted by Gasteiger charge is 2.32. The average Bonchev–Trinajstić information content (AvgIpc) is 3.35. The number of fused-ring (bicyclic) bond motifs is 1. The molecule has 0 spiro atoms. The van der Waals surface area contributed by atoms with E-state index >= 15 is 0 Å². The predicted molar refractivity (Wildman–Crippen MR) is 89.7 cm³/mol. The van der Waals surface area contributed by atoms with Crippen molar-refractivity contribution in [3.8, 4) is 5.75 Å². The van der Waals surface area contributed by atoms with Gasteiger partial charge < -0.3 is 14.6 Å². The van der Waals surface area contributed by atoms with Crippen LogP contribution in [0.2, 0.25) is 0 Å². The van der Waals surface area contributed by atoms with Crippen molar-refractivity contribution in [3.05, 3.63) is 52.8 Å². The Balaban J connectivity index is 1.55. The van der Waals surface area contributed by atoms with Gasteiger partial charge in [0.2, 0.25) is 0 Å². The summed E-state index contributed by atoms with van der Waals surface area (Å²) in [5.74, 6) is 0.275. The molecule has 0 bridgehead atoms. The molecule has 5 nitrogen and oxygen atoms in total. The van der Waals surface area contributed by atoms with Crippen LogP contribution in [0.3, 0.4) is 0 Å². The summed E-state index contributed by atoms with van der Waals surface area (Å²) in [6.07, 6.45) is 2.34. The number of hydrogen-bond donors (Lipinski definition) is 1. The fraction of sp³-hybridized carbons (Fsp3) is 0.368. The Bertz CT molecular complexity index is 833. The third-order valence-electron chi connectivity index (χ3n) is 4.82. The number of rotatable bonds is 3. The van der Waals surface area contributed by atoms with E-state index in [-0.39, 0.29) is 18.3 Å². The number of aromatic nitrogens is 1. The molecule has 1 aromatic heterocycles. The van der Waals surface area contributed by atoms with Crippen molar-refractivity contribution < 1.29 is 14.3 Å². The second-order valence-corrected chi connectivity index (χ2v) is 6.58. The molecule has 4 rings (SSSR count). The van der Waals surface area contributed by atoms with Crippen LogP contribution in [0.25, 0.3) is 0 Å². The van der Waals surface area contributed by atoms with Gasteiger partial charge in [-0.3, -0.25) is 9.59 Å². The number of benzene rings is 1. The second kappa shape index (κ2) is 5.51. The van der Waals surface area contributed by atoms with Gasteiger partial charge in [0.05, 0.1) is 11.1 Å². The first kappa shape index (κ1) is 15.0. The minimum absolute atomic E-state index is 0.0961. The molecule has 1 aliphatic heterocycles. The number of para-hydroxylation sites is 1. The molecule has 1 aliphatic carbocycles. The first-order valence-electron chi connectivity index (χ1n) is 8.31. The number of nitrogens with zero attached hydrogens (tertiary/aromatic N) is 1. The Hall–Kier alpha value is -2.56. The number of hydrogen-bond acceptors (Lipinski definition) is 3. The highest BCUT2D eigenvalue weighted by atomic mass is 16.5. The molecule has 1 amide bonds. The van der Waals surface area contributed by atoms with E-state index in [0.29, 0.717) is 22.9 Å². The maximum absolute atomic E-state index is 12.7. The number of carbonyl (C=O) groups excluding carboxylic acids is 2. The highest BCUT2D eigenvalue weighted by molar-refractivity contribution is 6.06. The van der Waals surface area contributed by atoms with E-state index in [4.69, 9.17) is 4.74 Å². The molecule has 124 valence electrons. The first-order chi connectivity index (χ1) is 11.6. The Morgan fingerprint density at radius 1 is 1.25 bits per heavy atom. The van der Waals surface area contributed by atoms with Crippen LogP contribution in [-0.2, 0) is 0 Å². The number of carbonyl (C=O) groups is 2. The maximum atomic E-state index is 12.7. The van der Waals surface area contributed by atoms with Crippen molar-refractivity contribution in [1.82, 2.24) is 9.88 Å². The molecule has 1 aromatic carbocycles. The Morgan fingerprint density at radius 3 is 2.75 bits per heavy atom. The molecular weight excluding hydrogens is 304 g/mol. The quantitative estimate of drug-likeness (QED) is 0.944. The van der Waals surface area contributed by atoms with Crippen LogP contribution in [0.4, 0.5) is 0 Å². The Morgan fingerprint density at radius 2 is 2.00 bits per heavy atom. The van der Waals surface area contributed by atoms with E-state index in [0.717, 1.165) is 11.4 Å². The Labute approximate surface area is 140 Å². The average molecular weight is 324 g/mol. The van der Waals surface area contributed by atoms with Crippen LogP contribution in [-0.4, -0.2) is 28.9 Å². The van der Waals surface area contributed by atoms with Crippen molar-refractivity contribution in [3.63, 3.8) is 0 Å². The standard InChI is InChI=1S/C19H20N2O3/c1-11-9-15(12(2)21(11)13-7-8-13)19(23)20-16-10-24-17-6-4-3-5-14(17)18(16)22/h3-6,9,13,16H,7-8,10H2,1-2H3,(H,20,23). The van der Waals surface area contributed by atoms with E-state index < -0.39 is 6.04 Å². The molecule has 1 fully saturated rings. The fourth-order valence-electron chi connectivity index (χ4n) is 3.48. The van der Waals surface area contributed by atoms with Gasteiger partial charge in [-0.2, -0.15) is 0 Å². The summed E-state index contributed by atoms with van der Waals surface area (Å²) in [6, 6.07) is 8.93. The van der Waals surface area contributed by atoms with Crippen molar-refractivity contribution in [1.29, 1.82) is 0 Å². The number of ketones is 1. The van der Waals surface area contributed by atoms with Crippen molar-refractivity contribution in [2.45, 2.75) is 38.8 Å². The zero-order chi connectivity index (χ0) is 16.8. The molecule has 0 radical (unpaired) electrons. The molecule has 1 atom stereocenters. The third-order valence-corrected chi connectivity index (χ3v) is 4.82. The largest absolute Gasteiger partial charge is 0.490 e. The van der Waals surface area contributed by atoms with Crippen LogP contribution in [0.1, 0.15) is 51.0 Å². The van der Waals surface area contributed by atoms with Gasteiger partial charge >= 0.3 is 0 Å². The van der Waals surface area contributed by atoms with E-state index in [2.05, 4.69) is 9.88 Å². The topological polar surface area (TPSA) is 60.3 Å². The van der Waals surface area contributed by atoms with Gasteiger partial charge in [0.1, 0.15) is 18.4 Å². The number of Topliss-reactive ketones (excluding diaryl/α,β-unsaturated/α-hetero) is 1. The zero-order valence-corrected chi connectivity index (χ0v) is 13.8. The highest BCUT2D eigenvalue weighted by Crippen LogP contribution is 2.38. The minimum Gasteiger partial charge on any atom is -0.490 e. The normalized spacial score (nSPS) is 19.6. The lowest BCUT2D eigenvalue weighted by Gasteiger charge is -2.24. The number of nitrogens with one attached hydrogen (secondary N) is 1. The molecule has 2 aromatic rings. The van der Waals surface area contributed by atoms with Crippen molar-refractivity contribution >= 4 is 11.7 Å². The number of amides is 1. The van der Waals surface area contributed by atoms with Crippen molar-refractivity contribution in [2.75, 3.05) is 6.61 Å². The number of aryl methyl sites for hydroxylation is 1. The van der Waals surface area contributed by atoms with Crippen LogP contribution < -0.4 is 10.1 Å². The molecule has 0 saturated heterocycles. The summed E-state index contributed by atoms with van der Waals surface area (Å²) >= 11 is 0. The zero-order valence-electron chi connectivity index (χ0n) is 13.8. The molecule has 2 aliphatic rings. The lowest BCUT2D eigenvalue weighted by atomic mass is 10.0. The lowest BCUT2D eigenvalue weighted by Crippen LogP contribution is -2.47. The van der Waals surface area contributed by atoms with E-state index in [9.17, 15) is 9.59 Å².